The molecule has 186 valence electrons. The summed E-state index contributed by atoms with van der Waals surface area (Å²) in [6, 6.07) is 13.8. The largest absolute Gasteiger partial charge is 1.00 e. The molecule has 0 spiro atoms. The van der Waals surface area contributed by atoms with Crippen LogP contribution in [0.2, 0.25) is 0 Å². The minimum atomic E-state index is -1.82. The van der Waals surface area contributed by atoms with Gasteiger partial charge in [0.1, 0.15) is 30.2 Å². The zero-order chi connectivity index (χ0) is 23.5. The van der Waals surface area contributed by atoms with E-state index < -0.39 is 36.7 Å². The Morgan fingerprint density at radius 1 is 1.09 bits per heavy atom. The molecular formula is C24H30ClN2NaO7. The van der Waals surface area contributed by atoms with Crippen LogP contribution in [0, 0.1) is 0 Å². The van der Waals surface area contributed by atoms with E-state index in [1.54, 1.807) is 6.07 Å². The first-order valence-corrected chi connectivity index (χ1v) is 11.1. The fourth-order valence-corrected chi connectivity index (χ4v) is 4.39. The van der Waals surface area contributed by atoms with Crippen molar-refractivity contribution >= 4 is 29.8 Å². The SMILES string of the molecule is CNCCCN1c2ccccc2CCc2ccc(O[C@@H]3OC(C(=O)[O-])[C@@H](O)[C@@H](O)C3O)cc21.Cl.[Na+]. The van der Waals surface area contributed by atoms with Gasteiger partial charge in [0.15, 0.2) is 0 Å². The molecule has 2 unspecified atom stereocenters. The van der Waals surface area contributed by atoms with Gasteiger partial charge in [-0.15, -0.1) is 12.4 Å². The van der Waals surface area contributed by atoms with Gasteiger partial charge in [-0.3, -0.25) is 0 Å². The Morgan fingerprint density at radius 3 is 2.46 bits per heavy atom. The van der Waals surface area contributed by atoms with E-state index in [9.17, 15) is 25.2 Å². The second kappa shape index (κ2) is 13.2. The first kappa shape index (κ1) is 29.8. The number of anilines is 2. The summed E-state index contributed by atoms with van der Waals surface area (Å²) in [6.07, 6.45) is -5.87. The third-order valence-electron chi connectivity index (χ3n) is 6.16. The van der Waals surface area contributed by atoms with Crippen molar-refractivity contribution in [2.24, 2.45) is 0 Å². The van der Waals surface area contributed by atoms with E-state index >= 15 is 0 Å². The molecule has 35 heavy (non-hydrogen) atoms. The normalized spacial score (nSPS) is 25.3. The maximum atomic E-state index is 11.3. The van der Waals surface area contributed by atoms with Gasteiger partial charge in [0.05, 0.1) is 5.97 Å². The number of para-hydroxylation sites is 1. The number of aliphatic hydroxyl groups excluding tert-OH is 3. The Bertz CT molecular complexity index is 998. The number of hydrogen-bond acceptors (Lipinski definition) is 9. The van der Waals surface area contributed by atoms with Crippen LogP contribution in [0.5, 0.6) is 5.75 Å². The molecule has 2 aromatic carbocycles. The quantitative estimate of drug-likeness (QED) is 0.223. The number of halogens is 1. The average molecular weight is 517 g/mol. The predicted molar refractivity (Wildman–Crippen MR) is 125 cm³/mol. The standard InChI is InChI=1S/C24H30N2O7.ClH.Na/c1-25-11-4-12-26-17-6-3-2-5-14(17)7-8-15-9-10-16(13-18(15)26)32-24-21(29)19(27)20(28)22(33-24)23(30)31;;/h2-3,5-6,9-10,13,19-22,24-25,27-29H,4,7-8,11-12H2,1H3,(H,30,31);1H;/q;;+1/p-1/t19-,20+,21?,22?,24-;;/m1../s1. The van der Waals surface area contributed by atoms with E-state index in [2.05, 4.69) is 22.3 Å². The second-order valence-electron chi connectivity index (χ2n) is 8.36. The number of rotatable bonds is 7. The third-order valence-corrected chi connectivity index (χ3v) is 6.16. The number of benzene rings is 2. The van der Waals surface area contributed by atoms with E-state index in [1.807, 2.05) is 31.3 Å². The van der Waals surface area contributed by atoms with Crippen molar-refractivity contribution in [3.8, 4) is 5.75 Å². The Hall–Kier alpha value is -1.40. The van der Waals surface area contributed by atoms with Gasteiger partial charge in [-0.1, -0.05) is 24.3 Å². The van der Waals surface area contributed by atoms with Crippen LogP contribution in [-0.2, 0) is 22.4 Å². The molecule has 4 N–H and O–H groups in total. The van der Waals surface area contributed by atoms with Crippen molar-refractivity contribution in [2.45, 2.75) is 50.0 Å². The molecular weight excluding hydrogens is 487 g/mol. The van der Waals surface area contributed by atoms with E-state index in [0.717, 1.165) is 49.3 Å². The summed E-state index contributed by atoms with van der Waals surface area (Å²) in [4.78, 5) is 13.5. The number of carboxylic acids is 1. The molecule has 0 aromatic heterocycles. The van der Waals surface area contributed by atoms with E-state index in [-0.39, 0.29) is 42.0 Å². The second-order valence-corrected chi connectivity index (χ2v) is 8.36. The maximum Gasteiger partial charge on any atom is 1.00 e. The van der Waals surface area contributed by atoms with Crippen molar-refractivity contribution in [1.82, 2.24) is 5.32 Å². The summed E-state index contributed by atoms with van der Waals surface area (Å²) >= 11 is 0. The molecule has 0 amide bonds. The molecule has 9 nitrogen and oxygen atoms in total. The maximum absolute atomic E-state index is 11.3. The molecule has 2 aliphatic heterocycles. The number of fused-ring (bicyclic) bond motifs is 2. The van der Waals surface area contributed by atoms with Crippen LogP contribution < -0.4 is 49.6 Å². The molecule has 0 bridgehead atoms. The molecule has 4 rings (SSSR count). The van der Waals surface area contributed by atoms with Crippen LogP contribution in [0.25, 0.3) is 0 Å². The first-order valence-electron chi connectivity index (χ1n) is 11.1. The molecule has 0 aliphatic carbocycles. The molecule has 0 radical (unpaired) electrons. The molecule has 1 fully saturated rings. The first-order chi connectivity index (χ1) is 15.9. The molecule has 1 saturated heterocycles. The van der Waals surface area contributed by atoms with Crippen LogP contribution in [-0.4, -0.2) is 72.1 Å². The number of hydrogen-bond donors (Lipinski definition) is 4. The molecule has 2 heterocycles. The Morgan fingerprint density at radius 2 is 1.77 bits per heavy atom. The number of carboxylic acid groups (broad SMARTS) is 1. The van der Waals surface area contributed by atoms with Gasteiger partial charge in [-0.05, 0) is 56.1 Å². The van der Waals surface area contributed by atoms with Gasteiger partial charge in [-0.2, -0.15) is 0 Å². The zero-order valence-electron chi connectivity index (χ0n) is 19.8. The third kappa shape index (κ3) is 6.49. The molecule has 11 heteroatoms. The van der Waals surface area contributed by atoms with Gasteiger partial charge in [-0.25, -0.2) is 0 Å². The number of nitrogens with zero attached hydrogens (tertiary/aromatic N) is 1. The Balaban J connectivity index is 0.00000216. The summed E-state index contributed by atoms with van der Waals surface area (Å²) in [5.41, 5.74) is 4.46. The van der Waals surface area contributed by atoms with Crippen molar-refractivity contribution in [3.05, 3.63) is 53.6 Å². The Kier molecular flexibility index (Phi) is 11.3. The van der Waals surface area contributed by atoms with Gasteiger partial charge >= 0.3 is 29.6 Å². The van der Waals surface area contributed by atoms with Gasteiger partial charge in [0.25, 0.3) is 0 Å². The van der Waals surface area contributed by atoms with Crippen LogP contribution >= 0.6 is 12.4 Å². The molecule has 5 atom stereocenters. The number of aryl methyl sites for hydroxylation is 2. The number of aliphatic hydroxyl groups is 3. The van der Waals surface area contributed by atoms with E-state index in [1.165, 1.54) is 5.56 Å². The fraction of sp³-hybridized carbons (Fsp3) is 0.458. The number of carbonyl (C=O) groups is 1. The van der Waals surface area contributed by atoms with Crippen molar-refractivity contribution in [2.75, 3.05) is 25.0 Å². The van der Waals surface area contributed by atoms with Gasteiger partial charge < -0.3 is 44.9 Å². The van der Waals surface area contributed by atoms with Crippen molar-refractivity contribution < 1.29 is 64.3 Å². The van der Waals surface area contributed by atoms with Crippen LogP contribution in [0.3, 0.4) is 0 Å². The molecule has 0 saturated carbocycles. The topological polar surface area (TPSA) is 135 Å². The van der Waals surface area contributed by atoms with Crippen LogP contribution in [0.15, 0.2) is 42.5 Å². The summed E-state index contributed by atoms with van der Waals surface area (Å²) in [5.74, 6) is -1.35. The zero-order valence-corrected chi connectivity index (χ0v) is 22.6. The molecule has 2 aliphatic rings. The monoisotopic (exact) mass is 516 g/mol. The van der Waals surface area contributed by atoms with Crippen LogP contribution in [0.1, 0.15) is 17.5 Å². The summed E-state index contributed by atoms with van der Waals surface area (Å²) < 4.78 is 11.0. The number of aliphatic carboxylic acids is 1. The van der Waals surface area contributed by atoms with Crippen LogP contribution in [0.4, 0.5) is 11.4 Å². The number of carbonyl (C=O) groups excluding carboxylic acids is 1. The Labute approximate surface area is 232 Å². The van der Waals surface area contributed by atoms with E-state index in [4.69, 9.17) is 9.47 Å². The smallest absolute Gasteiger partial charge is 0.547 e. The van der Waals surface area contributed by atoms with Gasteiger partial charge in [0, 0.05) is 24.0 Å². The minimum absolute atomic E-state index is 0. The van der Waals surface area contributed by atoms with Crippen molar-refractivity contribution in [3.63, 3.8) is 0 Å². The number of nitrogens with one attached hydrogen (secondary N) is 1. The average Bonchev–Trinajstić information content (AvgIpc) is 2.96. The number of ether oxygens (including phenoxy) is 2. The van der Waals surface area contributed by atoms with E-state index in [0.29, 0.717) is 5.75 Å². The summed E-state index contributed by atoms with van der Waals surface area (Å²) in [6.45, 7) is 1.63. The summed E-state index contributed by atoms with van der Waals surface area (Å²) in [5, 5.41) is 44.6. The fourth-order valence-electron chi connectivity index (χ4n) is 4.39. The van der Waals surface area contributed by atoms with Gasteiger partial charge in [0.2, 0.25) is 6.29 Å². The summed E-state index contributed by atoms with van der Waals surface area (Å²) in [7, 11) is 1.91. The van der Waals surface area contributed by atoms with Crippen molar-refractivity contribution in [1.29, 1.82) is 0 Å². The minimum Gasteiger partial charge on any atom is -0.547 e. The molecule has 2 aromatic rings. The predicted octanol–water partition coefficient (Wildman–Crippen LogP) is -3.11.